The lowest BCUT2D eigenvalue weighted by Crippen LogP contribution is -2.49. The predicted octanol–water partition coefficient (Wildman–Crippen LogP) is 2.92. The van der Waals surface area contributed by atoms with E-state index in [-0.39, 0.29) is 12.0 Å². The van der Waals surface area contributed by atoms with Gasteiger partial charge in [-0.2, -0.15) is 13.2 Å². The Morgan fingerprint density at radius 2 is 1.88 bits per heavy atom. The number of ether oxygens (including phenoxy) is 1. The molecule has 2 amide bonds. The van der Waals surface area contributed by atoms with Gasteiger partial charge in [0.05, 0.1) is 12.6 Å². The van der Waals surface area contributed by atoms with E-state index >= 15 is 0 Å². The van der Waals surface area contributed by atoms with Crippen LogP contribution in [0.3, 0.4) is 0 Å². The van der Waals surface area contributed by atoms with Crippen LogP contribution < -0.4 is 5.32 Å². The average molecular weight is 352 g/mol. The molecule has 1 aliphatic heterocycles. The summed E-state index contributed by atoms with van der Waals surface area (Å²) in [6.07, 6.45) is -4.76. The summed E-state index contributed by atoms with van der Waals surface area (Å²) in [4.78, 5) is 25.7. The summed E-state index contributed by atoms with van der Waals surface area (Å²) in [5.74, 6) is -1.99. The van der Waals surface area contributed by atoms with Gasteiger partial charge in [0.1, 0.15) is 17.5 Å². The quantitative estimate of drug-likeness (QED) is 0.795. The molecule has 1 N–H and O–H groups in total. The second kappa shape index (κ2) is 6.25. The van der Waals surface area contributed by atoms with Gasteiger partial charge in [-0.25, -0.2) is 9.18 Å². The number of rotatable bonds is 3. The van der Waals surface area contributed by atoms with Crippen molar-refractivity contribution in [3.63, 3.8) is 0 Å². The zero-order valence-electron chi connectivity index (χ0n) is 13.6. The summed E-state index contributed by atoms with van der Waals surface area (Å²) in [5, 5.41) is 2.10. The van der Waals surface area contributed by atoms with E-state index in [1.165, 1.54) is 4.90 Å². The fourth-order valence-corrected chi connectivity index (χ4v) is 2.79. The van der Waals surface area contributed by atoms with Gasteiger partial charge in [-0.05, 0) is 39.5 Å². The van der Waals surface area contributed by atoms with Gasteiger partial charge in [0.2, 0.25) is 5.91 Å². The van der Waals surface area contributed by atoms with Gasteiger partial charge in [0, 0.05) is 6.04 Å². The molecule has 0 aromatic rings. The highest BCUT2D eigenvalue weighted by atomic mass is 19.4. The second-order valence-corrected chi connectivity index (χ2v) is 7.05. The molecule has 0 radical (unpaired) electrons. The van der Waals surface area contributed by atoms with Crippen LogP contribution in [0.4, 0.5) is 22.4 Å². The van der Waals surface area contributed by atoms with Gasteiger partial charge in [-0.1, -0.05) is 0 Å². The van der Waals surface area contributed by atoms with Crippen molar-refractivity contribution >= 4 is 12.0 Å². The highest BCUT2D eigenvalue weighted by Crippen LogP contribution is 2.48. The number of halogens is 4. The van der Waals surface area contributed by atoms with E-state index < -0.39 is 48.3 Å². The molecule has 0 bridgehead atoms. The Hall–Kier alpha value is -1.80. The van der Waals surface area contributed by atoms with Gasteiger partial charge in [0.15, 0.2) is 0 Å². The van der Waals surface area contributed by atoms with Gasteiger partial charge in [0.25, 0.3) is 0 Å². The molecule has 0 aromatic heterocycles. The summed E-state index contributed by atoms with van der Waals surface area (Å²) in [7, 11) is 0. The lowest BCUT2D eigenvalue weighted by molar-refractivity contribution is -0.126. The molecule has 24 heavy (non-hydrogen) atoms. The van der Waals surface area contributed by atoms with Crippen LogP contribution >= 0.6 is 0 Å². The Balaban J connectivity index is 1.96. The minimum absolute atomic E-state index is 0.0915. The maximum absolute atomic E-state index is 13.1. The van der Waals surface area contributed by atoms with Gasteiger partial charge in [-0.3, -0.25) is 9.69 Å². The van der Waals surface area contributed by atoms with Crippen LogP contribution in [-0.4, -0.2) is 47.3 Å². The van der Waals surface area contributed by atoms with Crippen LogP contribution in [0.5, 0.6) is 0 Å². The SMILES string of the molecule is CC(C)(C)OC(=O)N1[C@@H]2C[C@@H]2C[C@H]1C(=O)NCC(F)=CC(F)(F)F. The molecule has 1 saturated carbocycles. The molecule has 2 rings (SSSR count). The smallest absolute Gasteiger partial charge is 0.412 e. The van der Waals surface area contributed by atoms with Crippen molar-refractivity contribution in [1.82, 2.24) is 10.2 Å². The highest BCUT2D eigenvalue weighted by molar-refractivity contribution is 5.87. The van der Waals surface area contributed by atoms with Crippen molar-refractivity contribution in [2.24, 2.45) is 5.92 Å². The van der Waals surface area contributed by atoms with Crippen molar-refractivity contribution in [1.29, 1.82) is 0 Å². The number of hydrogen-bond acceptors (Lipinski definition) is 3. The fourth-order valence-electron chi connectivity index (χ4n) is 2.79. The molecule has 5 nitrogen and oxygen atoms in total. The Bertz CT molecular complexity index is 554. The number of piperidine rings is 1. The van der Waals surface area contributed by atoms with Crippen LogP contribution in [0.1, 0.15) is 33.6 Å². The molecule has 9 heteroatoms. The van der Waals surface area contributed by atoms with Crippen LogP contribution in [0, 0.1) is 5.92 Å². The number of carbonyl (C=O) groups is 2. The Kier molecular flexibility index (Phi) is 4.83. The van der Waals surface area contributed by atoms with Gasteiger partial charge in [-0.15, -0.1) is 0 Å². The Morgan fingerprint density at radius 1 is 1.25 bits per heavy atom. The number of likely N-dealkylation sites (tertiary alicyclic amines) is 1. The van der Waals surface area contributed by atoms with E-state index in [9.17, 15) is 27.2 Å². The van der Waals surface area contributed by atoms with E-state index in [2.05, 4.69) is 5.32 Å². The number of fused-ring (bicyclic) bond motifs is 1. The summed E-state index contributed by atoms with van der Waals surface area (Å²) in [6.45, 7) is 4.21. The van der Waals surface area contributed by atoms with Crippen LogP contribution in [-0.2, 0) is 9.53 Å². The molecule has 0 unspecified atom stereocenters. The molecule has 0 spiro atoms. The van der Waals surface area contributed by atoms with Crippen LogP contribution in [0.15, 0.2) is 11.9 Å². The van der Waals surface area contributed by atoms with Crippen molar-refractivity contribution < 1.29 is 31.9 Å². The maximum Gasteiger partial charge on any atom is 0.412 e. The van der Waals surface area contributed by atoms with E-state index in [0.29, 0.717) is 6.42 Å². The first kappa shape index (κ1) is 18.5. The molecule has 1 saturated heterocycles. The zero-order chi connectivity index (χ0) is 18.3. The molecule has 0 aromatic carbocycles. The predicted molar refractivity (Wildman–Crippen MR) is 76.6 cm³/mol. The fraction of sp³-hybridized carbons (Fsp3) is 0.733. The maximum atomic E-state index is 13.1. The Labute approximate surface area is 137 Å². The first-order valence-corrected chi connectivity index (χ1v) is 7.60. The molecule has 136 valence electrons. The minimum Gasteiger partial charge on any atom is -0.444 e. The molecular formula is C15H20F4N2O3. The normalized spacial score (nSPS) is 26.9. The number of alkyl halides is 3. The molecule has 2 fully saturated rings. The third kappa shape index (κ3) is 4.85. The molecule has 2 aliphatic rings. The molecule has 1 aliphatic carbocycles. The average Bonchev–Trinajstić information content (AvgIpc) is 3.02. The van der Waals surface area contributed by atoms with E-state index in [4.69, 9.17) is 4.74 Å². The van der Waals surface area contributed by atoms with Gasteiger partial charge < -0.3 is 10.1 Å². The summed E-state index contributed by atoms with van der Waals surface area (Å²) >= 11 is 0. The first-order valence-electron chi connectivity index (χ1n) is 7.60. The third-order valence-corrected chi connectivity index (χ3v) is 3.76. The van der Waals surface area contributed by atoms with Crippen molar-refractivity contribution in [3.05, 3.63) is 11.9 Å². The number of hydrogen-bond donors (Lipinski definition) is 1. The standard InChI is InChI=1S/C15H20F4N2O3/c1-14(2,3)24-13(23)21-10-4-8(10)5-11(21)12(22)20-7-9(16)6-15(17,18)19/h6,8,10-11H,4-5,7H2,1-3H3,(H,20,22)/t8-,10-,11+/m1/s1. The van der Waals surface area contributed by atoms with Crippen LogP contribution in [0.25, 0.3) is 0 Å². The summed E-state index contributed by atoms with van der Waals surface area (Å²) < 4.78 is 54.4. The molecule has 3 atom stereocenters. The first-order chi connectivity index (χ1) is 10.9. The number of allylic oxidation sites excluding steroid dienone is 1. The number of nitrogens with zero attached hydrogens (tertiary/aromatic N) is 1. The molecular weight excluding hydrogens is 332 g/mol. The summed E-state index contributed by atoms with van der Waals surface area (Å²) in [6, 6.07) is -0.937. The number of carbonyl (C=O) groups excluding carboxylic acids is 2. The lowest BCUT2D eigenvalue weighted by atomic mass is 10.1. The third-order valence-electron chi connectivity index (χ3n) is 3.76. The largest absolute Gasteiger partial charge is 0.444 e. The lowest BCUT2D eigenvalue weighted by Gasteiger charge is -2.29. The van der Waals surface area contributed by atoms with E-state index in [0.717, 1.165) is 6.42 Å². The topological polar surface area (TPSA) is 58.6 Å². The van der Waals surface area contributed by atoms with Crippen LogP contribution in [0.2, 0.25) is 0 Å². The van der Waals surface area contributed by atoms with E-state index in [1.54, 1.807) is 20.8 Å². The number of amides is 2. The number of nitrogens with one attached hydrogen (secondary N) is 1. The van der Waals surface area contributed by atoms with Gasteiger partial charge >= 0.3 is 12.3 Å². The van der Waals surface area contributed by atoms with E-state index in [1.807, 2.05) is 0 Å². The minimum atomic E-state index is -4.79. The highest BCUT2D eigenvalue weighted by Gasteiger charge is 2.57. The zero-order valence-corrected chi connectivity index (χ0v) is 13.6. The molecule has 1 heterocycles. The Morgan fingerprint density at radius 3 is 2.42 bits per heavy atom. The monoisotopic (exact) mass is 352 g/mol. The summed E-state index contributed by atoms with van der Waals surface area (Å²) in [5.41, 5.74) is -0.730. The van der Waals surface area contributed by atoms with Crippen molar-refractivity contribution in [2.45, 2.75) is 57.5 Å². The van der Waals surface area contributed by atoms with Crippen molar-refractivity contribution in [2.75, 3.05) is 6.54 Å². The second-order valence-electron chi connectivity index (χ2n) is 7.05. The van der Waals surface area contributed by atoms with Crippen molar-refractivity contribution in [3.8, 4) is 0 Å².